The van der Waals surface area contributed by atoms with E-state index in [-0.39, 0.29) is 17.9 Å². The summed E-state index contributed by atoms with van der Waals surface area (Å²) in [5.41, 5.74) is 4.99. The monoisotopic (exact) mass is 315 g/mol. The van der Waals surface area contributed by atoms with Gasteiger partial charge in [-0.2, -0.15) is 0 Å². The summed E-state index contributed by atoms with van der Waals surface area (Å²) >= 11 is 0. The average molecular weight is 315 g/mol. The first-order valence-corrected chi connectivity index (χ1v) is 8.00. The molecule has 0 saturated heterocycles. The predicted octanol–water partition coefficient (Wildman–Crippen LogP) is 2.03. The fourth-order valence-electron chi connectivity index (χ4n) is 2.09. The number of nitrogens with two attached hydrogens (primary N) is 1. The van der Waals surface area contributed by atoms with Gasteiger partial charge in [-0.3, -0.25) is 4.79 Å². The molecule has 0 aromatic heterocycles. The minimum atomic E-state index is -0.546. The summed E-state index contributed by atoms with van der Waals surface area (Å²) < 4.78 is 5.22. The highest BCUT2D eigenvalue weighted by Gasteiger charge is 2.30. The number of ether oxygens (including phenoxy) is 1. The van der Waals surface area contributed by atoms with Gasteiger partial charge in [0, 0.05) is 18.5 Å². The second-order valence-electron chi connectivity index (χ2n) is 7.15. The Balaban J connectivity index is 4.81. The smallest absolute Gasteiger partial charge is 0.407 e. The molecule has 0 heterocycles. The number of amides is 2. The van der Waals surface area contributed by atoms with Gasteiger partial charge in [0.25, 0.3) is 0 Å². The van der Waals surface area contributed by atoms with E-state index in [0.29, 0.717) is 6.54 Å². The third kappa shape index (κ3) is 8.22. The zero-order chi connectivity index (χ0) is 17.5. The second kappa shape index (κ2) is 8.98. The van der Waals surface area contributed by atoms with Gasteiger partial charge in [-0.25, -0.2) is 4.79 Å². The van der Waals surface area contributed by atoms with Crippen LogP contribution in [0.3, 0.4) is 0 Å². The van der Waals surface area contributed by atoms with E-state index in [2.05, 4.69) is 10.6 Å². The Labute approximate surface area is 134 Å². The molecule has 0 aliphatic rings. The number of primary amides is 1. The standard InChI is InChI=1S/C16H33N3O3/c1-8-11(4)19-13(14(17)20)12(10(2)3)9-18-15(21)22-16(5,6)7/h10-13,19H,8-9H2,1-7H3,(H2,17,20)(H,18,21). The highest BCUT2D eigenvalue weighted by atomic mass is 16.6. The summed E-state index contributed by atoms with van der Waals surface area (Å²) in [6, 6.07) is -0.301. The summed E-state index contributed by atoms with van der Waals surface area (Å²) in [5.74, 6) is -0.312. The lowest BCUT2D eigenvalue weighted by Gasteiger charge is -2.31. The Hall–Kier alpha value is -1.30. The van der Waals surface area contributed by atoms with E-state index in [4.69, 9.17) is 10.5 Å². The minimum absolute atomic E-state index is 0.0981. The van der Waals surface area contributed by atoms with Gasteiger partial charge in [-0.05, 0) is 40.0 Å². The molecule has 0 radical (unpaired) electrons. The Kier molecular flexibility index (Phi) is 8.45. The third-order valence-corrected chi connectivity index (χ3v) is 3.55. The van der Waals surface area contributed by atoms with Crippen molar-refractivity contribution in [1.29, 1.82) is 0 Å². The molecule has 0 spiro atoms. The fraction of sp³-hybridized carbons (Fsp3) is 0.875. The van der Waals surface area contributed by atoms with E-state index >= 15 is 0 Å². The van der Waals surface area contributed by atoms with Crippen molar-refractivity contribution in [2.45, 2.75) is 72.6 Å². The topological polar surface area (TPSA) is 93.5 Å². The van der Waals surface area contributed by atoms with Crippen molar-refractivity contribution in [2.24, 2.45) is 17.6 Å². The lowest BCUT2D eigenvalue weighted by Crippen LogP contribution is -2.54. The molecule has 0 saturated carbocycles. The van der Waals surface area contributed by atoms with Gasteiger partial charge in [-0.1, -0.05) is 20.8 Å². The fourth-order valence-corrected chi connectivity index (χ4v) is 2.09. The van der Waals surface area contributed by atoms with Crippen LogP contribution in [0.25, 0.3) is 0 Å². The number of hydrogen-bond donors (Lipinski definition) is 3. The number of alkyl carbamates (subject to hydrolysis) is 1. The summed E-state index contributed by atoms with van der Waals surface area (Å²) in [5, 5.41) is 5.99. The number of hydrogen-bond acceptors (Lipinski definition) is 4. The van der Waals surface area contributed by atoms with Crippen molar-refractivity contribution in [3.8, 4) is 0 Å². The quantitative estimate of drug-likeness (QED) is 0.639. The van der Waals surface area contributed by atoms with E-state index in [1.165, 1.54) is 0 Å². The maximum Gasteiger partial charge on any atom is 0.407 e. The van der Waals surface area contributed by atoms with Gasteiger partial charge < -0.3 is 21.1 Å². The first-order valence-electron chi connectivity index (χ1n) is 8.00. The van der Waals surface area contributed by atoms with E-state index in [0.717, 1.165) is 6.42 Å². The van der Waals surface area contributed by atoms with Crippen LogP contribution in [0.2, 0.25) is 0 Å². The average Bonchev–Trinajstić information content (AvgIpc) is 2.34. The van der Waals surface area contributed by atoms with Crippen LogP contribution in [-0.2, 0) is 9.53 Å². The summed E-state index contributed by atoms with van der Waals surface area (Å²) in [7, 11) is 0. The van der Waals surface area contributed by atoms with Crippen LogP contribution in [0.1, 0.15) is 54.9 Å². The summed E-state index contributed by atoms with van der Waals surface area (Å²) in [4.78, 5) is 23.6. The molecular weight excluding hydrogens is 282 g/mol. The normalized spacial score (nSPS) is 16.0. The van der Waals surface area contributed by atoms with Crippen molar-refractivity contribution in [3.05, 3.63) is 0 Å². The molecule has 130 valence electrons. The summed E-state index contributed by atoms with van der Waals surface area (Å²) in [6.07, 6.45) is 0.415. The molecule has 4 N–H and O–H groups in total. The molecule has 0 aromatic rings. The van der Waals surface area contributed by atoms with Gasteiger partial charge in [0.05, 0.1) is 6.04 Å². The molecule has 0 bridgehead atoms. The molecule has 3 unspecified atom stereocenters. The second-order valence-corrected chi connectivity index (χ2v) is 7.15. The molecule has 22 heavy (non-hydrogen) atoms. The Morgan fingerprint density at radius 1 is 1.18 bits per heavy atom. The van der Waals surface area contributed by atoms with E-state index in [1.54, 1.807) is 0 Å². The van der Waals surface area contributed by atoms with Crippen molar-refractivity contribution in [3.63, 3.8) is 0 Å². The van der Waals surface area contributed by atoms with Crippen LogP contribution in [0.5, 0.6) is 0 Å². The molecule has 0 aliphatic carbocycles. The van der Waals surface area contributed by atoms with Crippen LogP contribution >= 0.6 is 0 Å². The molecule has 0 rings (SSSR count). The van der Waals surface area contributed by atoms with E-state index in [1.807, 2.05) is 48.5 Å². The van der Waals surface area contributed by atoms with Crippen molar-refractivity contribution in [1.82, 2.24) is 10.6 Å². The number of carbonyl (C=O) groups is 2. The molecule has 6 nitrogen and oxygen atoms in total. The van der Waals surface area contributed by atoms with Gasteiger partial charge in [0.15, 0.2) is 0 Å². The highest BCUT2D eigenvalue weighted by molar-refractivity contribution is 5.80. The molecule has 3 atom stereocenters. The maximum atomic E-state index is 11.8. The Bertz CT molecular complexity index is 364. The predicted molar refractivity (Wildman–Crippen MR) is 88.4 cm³/mol. The zero-order valence-electron chi connectivity index (χ0n) is 15.0. The first-order chi connectivity index (χ1) is 9.97. The van der Waals surface area contributed by atoms with Crippen LogP contribution in [0, 0.1) is 11.8 Å². The van der Waals surface area contributed by atoms with E-state index in [9.17, 15) is 9.59 Å². The molecule has 2 amide bonds. The summed E-state index contributed by atoms with van der Waals surface area (Å²) in [6.45, 7) is 13.8. The number of carbonyl (C=O) groups excluding carboxylic acids is 2. The van der Waals surface area contributed by atoms with Crippen LogP contribution < -0.4 is 16.4 Å². The molecule has 6 heteroatoms. The number of rotatable bonds is 8. The maximum absolute atomic E-state index is 11.8. The zero-order valence-corrected chi connectivity index (χ0v) is 15.0. The van der Waals surface area contributed by atoms with Gasteiger partial charge in [-0.15, -0.1) is 0 Å². The van der Waals surface area contributed by atoms with E-state index < -0.39 is 23.6 Å². The Morgan fingerprint density at radius 2 is 1.73 bits per heavy atom. The van der Waals surface area contributed by atoms with Gasteiger partial charge in [0.2, 0.25) is 5.91 Å². The molecular formula is C16H33N3O3. The van der Waals surface area contributed by atoms with Crippen LogP contribution in [0.15, 0.2) is 0 Å². The largest absolute Gasteiger partial charge is 0.444 e. The van der Waals surface area contributed by atoms with Crippen molar-refractivity contribution < 1.29 is 14.3 Å². The van der Waals surface area contributed by atoms with Gasteiger partial charge in [0.1, 0.15) is 5.60 Å². The minimum Gasteiger partial charge on any atom is -0.444 e. The van der Waals surface area contributed by atoms with Gasteiger partial charge >= 0.3 is 6.09 Å². The molecule has 0 aromatic carbocycles. The first kappa shape index (κ1) is 20.7. The lowest BCUT2D eigenvalue weighted by atomic mass is 9.87. The van der Waals surface area contributed by atoms with Crippen molar-refractivity contribution >= 4 is 12.0 Å². The van der Waals surface area contributed by atoms with Crippen molar-refractivity contribution in [2.75, 3.05) is 6.54 Å². The SMILES string of the molecule is CCC(C)NC(C(N)=O)C(CNC(=O)OC(C)(C)C)C(C)C. The molecule has 0 aliphatic heterocycles. The Morgan fingerprint density at radius 3 is 2.09 bits per heavy atom. The van der Waals surface area contributed by atoms with Crippen LogP contribution in [-0.4, -0.2) is 36.2 Å². The number of nitrogens with one attached hydrogen (secondary N) is 2. The highest BCUT2D eigenvalue weighted by Crippen LogP contribution is 2.16. The lowest BCUT2D eigenvalue weighted by molar-refractivity contribution is -0.122. The molecule has 0 fully saturated rings. The van der Waals surface area contributed by atoms with Crippen LogP contribution in [0.4, 0.5) is 4.79 Å². The third-order valence-electron chi connectivity index (χ3n) is 3.55.